The smallest absolute Gasteiger partial charge is 0.152 e. The monoisotopic (exact) mass is 177 g/mol. The highest BCUT2D eigenvalue weighted by Gasteiger charge is 2.40. The summed E-state index contributed by atoms with van der Waals surface area (Å²) in [6.07, 6.45) is 0.618. The van der Waals surface area contributed by atoms with Crippen molar-refractivity contribution in [3.05, 3.63) is 0 Å². The topological polar surface area (TPSA) is 60.2 Å². The maximum Gasteiger partial charge on any atom is 0.152 e. The van der Waals surface area contributed by atoms with Crippen molar-refractivity contribution in [2.24, 2.45) is 11.7 Å². The van der Waals surface area contributed by atoms with Crippen LogP contribution in [0.15, 0.2) is 0 Å². The fraction of sp³-hybridized carbons (Fsp3) is 1.00. The molecule has 4 heteroatoms. The van der Waals surface area contributed by atoms with E-state index < -0.39 is 15.4 Å². The van der Waals surface area contributed by atoms with Crippen molar-refractivity contribution >= 4 is 9.84 Å². The molecule has 2 N–H and O–H groups in total. The first-order valence-electron chi connectivity index (χ1n) is 3.85. The summed E-state index contributed by atoms with van der Waals surface area (Å²) >= 11 is 0. The zero-order valence-corrected chi connectivity index (χ0v) is 7.82. The van der Waals surface area contributed by atoms with Gasteiger partial charge >= 0.3 is 0 Å². The maximum absolute atomic E-state index is 11.1. The van der Waals surface area contributed by atoms with Crippen molar-refractivity contribution in [2.75, 3.05) is 11.5 Å². The Morgan fingerprint density at radius 3 is 2.18 bits per heavy atom. The molecule has 11 heavy (non-hydrogen) atoms. The van der Waals surface area contributed by atoms with Crippen LogP contribution in [0.4, 0.5) is 0 Å². The summed E-state index contributed by atoms with van der Waals surface area (Å²) in [4.78, 5) is 0. The number of rotatable bonds is 1. The van der Waals surface area contributed by atoms with Gasteiger partial charge in [-0.15, -0.1) is 0 Å². The third-order valence-corrected chi connectivity index (χ3v) is 4.32. The fourth-order valence-corrected chi connectivity index (χ4v) is 3.49. The van der Waals surface area contributed by atoms with Crippen molar-refractivity contribution in [2.45, 2.75) is 25.8 Å². The van der Waals surface area contributed by atoms with Gasteiger partial charge in [-0.25, -0.2) is 8.42 Å². The predicted molar refractivity (Wildman–Crippen MR) is 45.0 cm³/mol. The summed E-state index contributed by atoms with van der Waals surface area (Å²) in [6, 6.07) is 0. The van der Waals surface area contributed by atoms with Gasteiger partial charge in [0.15, 0.2) is 9.84 Å². The van der Waals surface area contributed by atoms with E-state index in [4.69, 9.17) is 5.73 Å². The zero-order valence-electron chi connectivity index (χ0n) is 7.00. The summed E-state index contributed by atoms with van der Waals surface area (Å²) in [6.45, 7) is 3.95. The Morgan fingerprint density at radius 2 is 2.00 bits per heavy atom. The quantitative estimate of drug-likeness (QED) is 0.620. The van der Waals surface area contributed by atoms with Crippen LogP contribution in [-0.2, 0) is 9.84 Å². The van der Waals surface area contributed by atoms with Gasteiger partial charge in [-0.2, -0.15) is 0 Å². The molecule has 3 nitrogen and oxygen atoms in total. The third-order valence-electron chi connectivity index (χ3n) is 2.52. The van der Waals surface area contributed by atoms with Crippen LogP contribution in [0.3, 0.4) is 0 Å². The van der Waals surface area contributed by atoms with E-state index in [0.717, 1.165) is 0 Å². The van der Waals surface area contributed by atoms with Crippen LogP contribution in [0.5, 0.6) is 0 Å². The first-order valence-corrected chi connectivity index (χ1v) is 5.67. The molecule has 1 rings (SSSR count). The Hall–Kier alpha value is -0.0900. The SMILES string of the molecule is CC(C)C1(N)CCS(=O)(=O)C1. The van der Waals surface area contributed by atoms with E-state index in [1.165, 1.54) is 0 Å². The number of hydrogen-bond donors (Lipinski definition) is 1. The normalized spacial score (nSPS) is 36.4. The molecule has 1 atom stereocenters. The Kier molecular flexibility index (Phi) is 2.01. The molecule has 0 saturated carbocycles. The van der Waals surface area contributed by atoms with Crippen molar-refractivity contribution in [1.29, 1.82) is 0 Å². The maximum atomic E-state index is 11.1. The molecule has 0 aromatic rings. The van der Waals surface area contributed by atoms with E-state index in [9.17, 15) is 8.42 Å². The van der Waals surface area contributed by atoms with E-state index >= 15 is 0 Å². The van der Waals surface area contributed by atoms with Crippen LogP contribution in [0.2, 0.25) is 0 Å². The van der Waals surface area contributed by atoms with Gasteiger partial charge in [0.1, 0.15) is 0 Å². The Bertz CT molecular complexity index is 245. The van der Waals surface area contributed by atoms with Crippen molar-refractivity contribution < 1.29 is 8.42 Å². The van der Waals surface area contributed by atoms with Crippen LogP contribution < -0.4 is 5.73 Å². The lowest BCUT2D eigenvalue weighted by Crippen LogP contribution is -2.46. The van der Waals surface area contributed by atoms with E-state index in [-0.39, 0.29) is 17.4 Å². The second-order valence-electron chi connectivity index (χ2n) is 3.73. The fourth-order valence-electron chi connectivity index (χ4n) is 1.35. The first kappa shape index (κ1) is 9.00. The molecule has 1 unspecified atom stereocenters. The Morgan fingerprint density at radius 1 is 1.45 bits per heavy atom. The third kappa shape index (κ3) is 1.73. The molecule has 0 bridgehead atoms. The minimum Gasteiger partial charge on any atom is -0.324 e. The summed E-state index contributed by atoms with van der Waals surface area (Å²) < 4.78 is 22.1. The number of sulfone groups is 1. The molecule has 1 heterocycles. The molecule has 0 spiro atoms. The predicted octanol–water partition coefficient (Wildman–Crippen LogP) is 0.158. The molecular formula is C7H15NO2S. The van der Waals surface area contributed by atoms with Gasteiger partial charge in [0, 0.05) is 5.54 Å². The molecule has 1 saturated heterocycles. The van der Waals surface area contributed by atoms with E-state index in [2.05, 4.69) is 0 Å². The summed E-state index contributed by atoms with van der Waals surface area (Å²) in [5.74, 6) is 0.680. The van der Waals surface area contributed by atoms with Gasteiger partial charge in [0.25, 0.3) is 0 Å². The minimum absolute atomic E-state index is 0.164. The Balaban J connectivity index is 2.82. The van der Waals surface area contributed by atoms with Crippen LogP contribution in [0.1, 0.15) is 20.3 Å². The van der Waals surface area contributed by atoms with Crippen molar-refractivity contribution in [3.8, 4) is 0 Å². The lowest BCUT2D eigenvalue weighted by Gasteiger charge is -2.26. The molecule has 0 aliphatic carbocycles. The van der Waals surface area contributed by atoms with Gasteiger partial charge in [0.2, 0.25) is 0 Å². The standard InChI is InChI=1S/C7H15NO2S/c1-6(2)7(8)3-4-11(9,10)5-7/h6H,3-5,8H2,1-2H3. The zero-order chi connectivity index (χ0) is 8.70. The Labute approximate surface area is 67.9 Å². The average Bonchev–Trinajstić information content (AvgIpc) is 2.08. The summed E-state index contributed by atoms with van der Waals surface area (Å²) in [5, 5.41) is 0. The largest absolute Gasteiger partial charge is 0.324 e. The summed E-state index contributed by atoms with van der Waals surface area (Å²) in [5.41, 5.74) is 5.44. The molecule has 1 aliphatic rings. The molecule has 0 radical (unpaired) electrons. The van der Waals surface area contributed by atoms with Gasteiger partial charge < -0.3 is 5.73 Å². The average molecular weight is 177 g/mol. The van der Waals surface area contributed by atoms with Gasteiger partial charge in [-0.1, -0.05) is 13.8 Å². The molecule has 1 aliphatic heterocycles. The second kappa shape index (κ2) is 2.45. The van der Waals surface area contributed by atoms with Crippen LogP contribution >= 0.6 is 0 Å². The molecular weight excluding hydrogens is 162 g/mol. The molecule has 1 fully saturated rings. The lowest BCUT2D eigenvalue weighted by molar-refractivity contribution is 0.348. The van der Waals surface area contributed by atoms with E-state index in [1.54, 1.807) is 0 Å². The molecule has 0 amide bonds. The number of nitrogens with two attached hydrogens (primary N) is 1. The van der Waals surface area contributed by atoms with Gasteiger partial charge in [-0.05, 0) is 12.3 Å². The molecule has 66 valence electrons. The van der Waals surface area contributed by atoms with Crippen LogP contribution in [0, 0.1) is 5.92 Å². The molecule has 0 aromatic carbocycles. The van der Waals surface area contributed by atoms with Crippen LogP contribution in [0.25, 0.3) is 0 Å². The summed E-state index contributed by atoms with van der Waals surface area (Å²) in [7, 11) is -2.82. The highest BCUT2D eigenvalue weighted by atomic mass is 32.2. The van der Waals surface area contributed by atoms with Crippen molar-refractivity contribution in [3.63, 3.8) is 0 Å². The number of hydrogen-bond acceptors (Lipinski definition) is 3. The van der Waals surface area contributed by atoms with E-state index in [0.29, 0.717) is 6.42 Å². The van der Waals surface area contributed by atoms with E-state index in [1.807, 2.05) is 13.8 Å². The molecule has 0 aromatic heterocycles. The van der Waals surface area contributed by atoms with Gasteiger partial charge in [0.05, 0.1) is 11.5 Å². The second-order valence-corrected chi connectivity index (χ2v) is 5.91. The van der Waals surface area contributed by atoms with Crippen LogP contribution in [-0.4, -0.2) is 25.5 Å². The lowest BCUT2D eigenvalue weighted by atomic mass is 9.87. The van der Waals surface area contributed by atoms with Gasteiger partial charge in [-0.3, -0.25) is 0 Å². The van der Waals surface area contributed by atoms with Crippen molar-refractivity contribution in [1.82, 2.24) is 0 Å². The first-order chi connectivity index (χ1) is 4.86. The minimum atomic E-state index is -2.82. The highest BCUT2D eigenvalue weighted by Crippen LogP contribution is 2.27. The highest BCUT2D eigenvalue weighted by molar-refractivity contribution is 7.91.